The summed E-state index contributed by atoms with van der Waals surface area (Å²) in [4.78, 5) is 1.33. The van der Waals surface area contributed by atoms with Gasteiger partial charge in [0.2, 0.25) is 0 Å². The van der Waals surface area contributed by atoms with E-state index in [1.807, 2.05) is 11.7 Å². The predicted octanol–water partition coefficient (Wildman–Crippen LogP) is 2.75. The fourth-order valence-electron chi connectivity index (χ4n) is 2.04. The molecule has 0 spiro atoms. The van der Waals surface area contributed by atoms with Gasteiger partial charge in [-0.05, 0) is 18.5 Å². The Bertz CT molecular complexity index is 498. The Balaban J connectivity index is 2.19. The molecule has 0 saturated heterocycles. The number of hydrogen-bond donors (Lipinski definition) is 1. The van der Waals surface area contributed by atoms with Crippen molar-refractivity contribution in [2.45, 2.75) is 19.0 Å². The summed E-state index contributed by atoms with van der Waals surface area (Å²) in [5.74, 6) is 0. The maximum atomic E-state index is 6.28. The lowest BCUT2D eigenvalue weighted by Crippen LogP contribution is -2.23. The quantitative estimate of drug-likeness (QED) is 0.854. The molecule has 2 rings (SSSR count). The van der Waals surface area contributed by atoms with Crippen LogP contribution in [-0.2, 0) is 17.7 Å². The Morgan fingerprint density at radius 2 is 2.42 bits per heavy atom. The first-order chi connectivity index (χ1) is 9.26. The largest absolute Gasteiger partial charge is 0.383 e. The number of hydrogen-bond acceptors (Lipinski definition) is 4. The average Bonchev–Trinajstić information content (AvgIpc) is 3.04. The first-order valence-electron chi connectivity index (χ1n) is 6.16. The number of nitrogens with zero attached hydrogens (tertiary/aromatic N) is 2. The number of ether oxygens (including phenoxy) is 1. The molecule has 0 bridgehead atoms. The molecule has 0 aliphatic rings. The lowest BCUT2D eigenvalue weighted by atomic mass is 10.1. The minimum Gasteiger partial charge on any atom is -0.383 e. The van der Waals surface area contributed by atoms with E-state index in [-0.39, 0.29) is 6.04 Å². The molecule has 1 atom stereocenters. The third kappa shape index (κ3) is 3.57. The van der Waals surface area contributed by atoms with E-state index in [2.05, 4.69) is 27.9 Å². The van der Waals surface area contributed by atoms with Crippen LogP contribution in [-0.4, -0.2) is 30.5 Å². The molecule has 0 aromatic carbocycles. The van der Waals surface area contributed by atoms with Crippen molar-refractivity contribution in [3.8, 4) is 0 Å². The van der Waals surface area contributed by atoms with E-state index in [4.69, 9.17) is 16.3 Å². The highest BCUT2D eigenvalue weighted by Crippen LogP contribution is 2.26. The van der Waals surface area contributed by atoms with E-state index in [1.54, 1.807) is 24.6 Å². The fourth-order valence-corrected chi connectivity index (χ4v) is 3.06. The Morgan fingerprint density at radius 1 is 1.58 bits per heavy atom. The zero-order valence-corrected chi connectivity index (χ0v) is 12.7. The van der Waals surface area contributed by atoms with Gasteiger partial charge in [-0.3, -0.25) is 4.68 Å². The number of rotatable bonds is 7. The summed E-state index contributed by atoms with van der Waals surface area (Å²) in [5.41, 5.74) is 1.02. The smallest absolute Gasteiger partial charge is 0.0834 e. The molecule has 0 fully saturated rings. The number of aromatic nitrogens is 2. The van der Waals surface area contributed by atoms with Crippen molar-refractivity contribution in [2.24, 2.45) is 0 Å². The highest BCUT2D eigenvalue weighted by atomic mass is 35.5. The lowest BCUT2D eigenvalue weighted by Gasteiger charge is -2.18. The van der Waals surface area contributed by atoms with Crippen molar-refractivity contribution in [3.63, 3.8) is 0 Å². The second kappa shape index (κ2) is 7.05. The molecule has 2 aromatic rings. The minimum atomic E-state index is 0.158. The molecular formula is C13H18ClN3OS. The van der Waals surface area contributed by atoms with Crippen LogP contribution in [0, 0.1) is 0 Å². The van der Waals surface area contributed by atoms with E-state index >= 15 is 0 Å². The van der Waals surface area contributed by atoms with Gasteiger partial charge in [-0.2, -0.15) is 5.10 Å². The molecule has 0 aliphatic heterocycles. The fraction of sp³-hybridized carbons (Fsp3) is 0.462. The second-order valence-corrected chi connectivity index (χ2v) is 5.66. The monoisotopic (exact) mass is 299 g/mol. The van der Waals surface area contributed by atoms with Crippen molar-refractivity contribution in [1.29, 1.82) is 0 Å². The zero-order chi connectivity index (χ0) is 13.7. The summed E-state index contributed by atoms with van der Waals surface area (Å²) in [6, 6.07) is 4.36. The molecular weight excluding hydrogens is 282 g/mol. The minimum absolute atomic E-state index is 0.158. The van der Waals surface area contributed by atoms with Gasteiger partial charge in [0.05, 0.1) is 36.1 Å². The lowest BCUT2D eigenvalue weighted by molar-refractivity contribution is 0.181. The summed E-state index contributed by atoms with van der Waals surface area (Å²) >= 11 is 8.03. The third-order valence-corrected chi connectivity index (χ3v) is 4.19. The van der Waals surface area contributed by atoms with Crippen LogP contribution in [0.2, 0.25) is 5.02 Å². The molecule has 6 heteroatoms. The van der Waals surface area contributed by atoms with Gasteiger partial charge in [0, 0.05) is 18.4 Å². The first kappa shape index (κ1) is 14.5. The zero-order valence-electron chi connectivity index (χ0n) is 11.1. The highest BCUT2D eigenvalue weighted by Gasteiger charge is 2.19. The predicted molar refractivity (Wildman–Crippen MR) is 78.9 cm³/mol. The average molecular weight is 300 g/mol. The number of nitrogens with one attached hydrogen (secondary N) is 1. The van der Waals surface area contributed by atoms with E-state index in [0.717, 1.165) is 12.1 Å². The summed E-state index contributed by atoms with van der Waals surface area (Å²) in [6.07, 6.45) is 2.61. The highest BCUT2D eigenvalue weighted by molar-refractivity contribution is 7.09. The SMILES string of the molecule is CNC(Cc1cccs1)c1c(Cl)cnn1CCOC. The Morgan fingerprint density at radius 3 is 3.05 bits per heavy atom. The topological polar surface area (TPSA) is 39.1 Å². The van der Waals surface area contributed by atoms with Crippen LogP contribution in [0.15, 0.2) is 23.7 Å². The van der Waals surface area contributed by atoms with E-state index in [9.17, 15) is 0 Å². The number of halogens is 1. The van der Waals surface area contributed by atoms with Crippen LogP contribution >= 0.6 is 22.9 Å². The van der Waals surface area contributed by atoms with Gasteiger partial charge in [-0.15, -0.1) is 11.3 Å². The van der Waals surface area contributed by atoms with Gasteiger partial charge in [-0.1, -0.05) is 17.7 Å². The van der Waals surface area contributed by atoms with Crippen molar-refractivity contribution < 1.29 is 4.74 Å². The Labute approximate surface area is 122 Å². The first-order valence-corrected chi connectivity index (χ1v) is 7.41. The van der Waals surface area contributed by atoms with Crippen LogP contribution in [0.25, 0.3) is 0 Å². The van der Waals surface area contributed by atoms with Crippen LogP contribution in [0.5, 0.6) is 0 Å². The summed E-state index contributed by atoms with van der Waals surface area (Å²) in [7, 11) is 3.63. The maximum absolute atomic E-state index is 6.28. The Kier molecular flexibility index (Phi) is 5.39. The van der Waals surface area contributed by atoms with Gasteiger partial charge in [0.1, 0.15) is 0 Å². The summed E-state index contributed by atoms with van der Waals surface area (Å²) < 4.78 is 7.02. The van der Waals surface area contributed by atoms with Crippen molar-refractivity contribution in [3.05, 3.63) is 39.3 Å². The van der Waals surface area contributed by atoms with Crippen LogP contribution < -0.4 is 5.32 Å². The normalized spacial score (nSPS) is 12.8. The molecule has 0 amide bonds. The Hall–Kier alpha value is -0.880. The molecule has 0 radical (unpaired) electrons. The van der Waals surface area contributed by atoms with Crippen molar-refractivity contribution >= 4 is 22.9 Å². The van der Waals surface area contributed by atoms with Crippen LogP contribution in [0.4, 0.5) is 0 Å². The molecule has 19 heavy (non-hydrogen) atoms. The molecule has 0 saturated carbocycles. The van der Waals surface area contributed by atoms with Crippen molar-refractivity contribution in [1.82, 2.24) is 15.1 Å². The molecule has 2 aromatic heterocycles. The van der Waals surface area contributed by atoms with Crippen LogP contribution in [0.3, 0.4) is 0 Å². The maximum Gasteiger partial charge on any atom is 0.0834 e. The molecule has 2 heterocycles. The number of thiophene rings is 1. The van der Waals surface area contributed by atoms with Crippen molar-refractivity contribution in [2.75, 3.05) is 20.8 Å². The van der Waals surface area contributed by atoms with Gasteiger partial charge in [-0.25, -0.2) is 0 Å². The van der Waals surface area contributed by atoms with Gasteiger partial charge < -0.3 is 10.1 Å². The van der Waals surface area contributed by atoms with E-state index in [1.165, 1.54) is 4.88 Å². The molecule has 1 unspecified atom stereocenters. The summed E-state index contributed by atoms with van der Waals surface area (Å²) in [6.45, 7) is 1.33. The summed E-state index contributed by atoms with van der Waals surface area (Å²) in [5, 5.41) is 10.4. The van der Waals surface area contributed by atoms with E-state index in [0.29, 0.717) is 18.2 Å². The molecule has 104 valence electrons. The molecule has 1 N–H and O–H groups in total. The second-order valence-electron chi connectivity index (χ2n) is 4.22. The number of likely N-dealkylation sites (N-methyl/N-ethyl adjacent to an activating group) is 1. The standard InChI is InChI=1S/C13H18ClN3OS/c1-15-12(8-10-4-3-7-19-10)13-11(14)9-16-17(13)5-6-18-2/h3-4,7,9,12,15H,5-6,8H2,1-2H3. The molecule has 0 aliphatic carbocycles. The third-order valence-electron chi connectivity index (χ3n) is 3.00. The van der Waals surface area contributed by atoms with Gasteiger partial charge >= 0.3 is 0 Å². The van der Waals surface area contributed by atoms with Gasteiger partial charge in [0.25, 0.3) is 0 Å². The van der Waals surface area contributed by atoms with Gasteiger partial charge in [0.15, 0.2) is 0 Å². The number of methoxy groups -OCH3 is 1. The van der Waals surface area contributed by atoms with Crippen LogP contribution in [0.1, 0.15) is 16.6 Å². The molecule has 4 nitrogen and oxygen atoms in total. The van der Waals surface area contributed by atoms with E-state index < -0.39 is 0 Å².